The first kappa shape index (κ1) is 22.4. The van der Waals surface area contributed by atoms with Crippen molar-refractivity contribution in [2.75, 3.05) is 5.32 Å². The van der Waals surface area contributed by atoms with E-state index in [1.165, 1.54) is 18.3 Å². The average molecular weight is 452 g/mol. The smallest absolute Gasteiger partial charge is 0.361 e. The zero-order valence-electron chi connectivity index (χ0n) is 18.1. The SMILES string of the molecule is CC(C)(Cc1c[nH]c2ccccc12)NC(=O)c1ccc(Nc2cccc(C(F)(F)F)c2)nc1. The van der Waals surface area contributed by atoms with Crippen LogP contribution in [0.5, 0.6) is 0 Å². The standard InChI is InChI=1S/C25H23F3N4O/c1-24(2,13-17-15-29-21-9-4-3-8-20(17)21)32-23(33)16-10-11-22(30-14-16)31-19-7-5-6-18(12-19)25(26,27)28/h3-12,14-15,29H,13H2,1-2H3,(H,30,31)(H,32,33). The van der Waals surface area contributed by atoms with Crippen molar-refractivity contribution in [3.05, 3.63) is 89.7 Å². The van der Waals surface area contributed by atoms with Crippen LogP contribution in [-0.2, 0) is 12.6 Å². The van der Waals surface area contributed by atoms with E-state index in [2.05, 4.69) is 20.6 Å². The molecule has 0 unspecified atom stereocenters. The second kappa shape index (κ2) is 8.61. The molecule has 0 saturated carbocycles. The maximum Gasteiger partial charge on any atom is 0.416 e. The maximum atomic E-state index is 12.9. The van der Waals surface area contributed by atoms with Crippen molar-refractivity contribution in [3.63, 3.8) is 0 Å². The number of hydrogen-bond donors (Lipinski definition) is 3. The number of aromatic nitrogens is 2. The largest absolute Gasteiger partial charge is 0.416 e. The summed E-state index contributed by atoms with van der Waals surface area (Å²) in [5, 5.41) is 6.98. The monoisotopic (exact) mass is 452 g/mol. The van der Waals surface area contributed by atoms with Crippen molar-refractivity contribution >= 4 is 28.3 Å². The summed E-state index contributed by atoms with van der Waals surface area (Å²) >= 11 is 0. The number of fused-ring (bicyclic) bond motifs is 1. The highest BCUT2D eigenvalue weighted by Gasteiger charge is 2.30. The lowest BCUT2D eigenvalue weighted by molar-refractivity contribution is -0.137. The molecule has 4 aromatic rings. The lowest BCUT2D eigenvalue weighted by atomic mass is 9.94. The Labute approximate surface area is 189 Å². The Kier molecular flexibility index (Phi) is 5.84. The van der Waals surface area contributed by atoms with Gasteiger partial charge in [-0.2, -0.15) is 13.2 Å². The summed E-state index contributed by atoms with van der Waals surface area (Å²) in [6.45, 7) is 3.90. The number of benzene rings is 2. The number of halogens is 3. The predicted octanol–water partition coefficient (Wildman–Crippen LogP) is 6.08. The Morgan fingerprint density at radius 2 is 1.82 bits per heavy atom. The van der Waals surface area contributed by atoms with Gasteiger partial charge in [0.1, 0.15) is 5.82 Å². The van der Waals surface area contributed by atoms with Gasteiger partial charge in [0.05, 0.1) is 11.1 Å². The average Bonchev–Trinajstić information content (AvgIpc) is 3.16. The number of para-hydroxylation sites is 1. The molecule has 0 aliphatic rings. The van der Waals surface area contributed by atoms with Gasteiger partial charge in [0.15, 0.2) is 0 Å². The summed E-state index contributed by atoms with van der Waals surface area (Å²) in [4.78, 5) is 20.2. The number of hydrogen-bond acceptors (Lipinski definition) is 3. The fourth-order valence-corrected chi connectivity index (χ4v) is 3.70. The van der Waals surface area contributed by atoms with Gasteiger partial charge in [-0.05, 0) is 62.2 Å². The van der Waals surface area contributed by atoms with E-state index in [0.29, 0.717) is 17.8 Å². The van der Waals surface area contributed by atoms with Gasteiger partial charge in [-0.25, -0.2) is 4.98 Å². The molecule has 2 aromatic heterocycles. The van der Waals surface area contributed by atoms with E-state index in [1.54, 1.807) is 12.1 Å². The van der Waals surface area contributed by atoms with Crippen LogP contribution in [0.2, 0.25) is 0 Å². The molecule has 1 amide bonds. The molecule has 0 saturated heterocycles. The highest BCUT2D eigenvalue weighted by molar-refractivity contribution is 5.94. The molecule has 2 aromatic carbocycles. The van der Waals surface area contributed by atoms with Crippen LogP contribution in [0.25, 0.3) is 10.9 Å². The first-order valence-corrected chi connectivity index (χ1v) is 10.4. The Morgan fingerprint density at radius 3 is 2.55 bits per heavy atom. The van der Waals surface area contributed by atoms with E-state index < -0.39 is 17.3 Å². The molecule has 8 heteroatoms. The first-order chi connectivity index (χ1) is 15.6. The zero-order valence-corrected chi connectivity index (χ0v) is 18.1. The van der Waals surface area contributed by atoms with E-state index in [1.807, 2.05) is 44.3 Å². The van der Waals surface area contributed by atoms with Gasteiger partial charge in [-0.1, -0.05) is 24.3 Å². The minimum absolute atomic E-state index is 0.259. The number of H-pyrrole nitrogens is 1. The molecule has 0 bridgehead atoms. The van der Waals surface area contributed by atoms with E-state index in [9.17, 15) is 18.0 Å². The molecule has 3 N–H and O–H groups in total. The molecule has 33 heavy (non-hydrogen) atoms. The molecule has 0 radical (unpaired) electrons. The number of anilines is 2. The van der Waals surface area contributed by atoms with Crippen LogP contribution in [0.3, 0.4) is 0 Å². The summed E-state index contributed by atoms with van der Waals surface area (Å²) < 4.78 is 38.7. The highest BCUT2D eigenvalue weighted by atomic mass is 19.4. The van der Waals surface area contributed by atoms with Crippen LogP contribution in [0.15, 0.2) is 73.1 Å². The third-order valence-corrected chi connectivity index (χ3v) is 5.25. The summed E-state index contributed by atoms with van der Waals surface area (Å²) in [5.41, 5.74) is 1.50. The molecule has 2 heterocycles. The number of carbonyl (C=O) groups excluding carboxylic acids is 1. The van der Waals surface area contributed by atoms with Gasteiger partial charge in [0, 0.05) is 34.5 Å². The second-order valence-electron chi connectivity index (χ2n) is 8.51. The Balaban J connectivity index is 1.42. The molecule has 0 spiro atoms. The third-order valence-electron chi connectivity index (χ3n) is 5.25. The number of amides is 1. The van der Waals surface area contributed by atoms with Crippen molar-refractivity contribution in [2.45, 2.75) is 32.0 Å². The molecule has 0 aliphatic carbocycles. The Morgan fingerprint density at radius 1 is 1.03 bits per heavy atom. The van der Waals surface area contributed by atoms with Crippen molar-refractivity contribution in [3.8, 4) is 0 Å². The van der Waals surface area contributed by atoms with Crippen molar-refractivity contribution in [1.29, 1.82) is 0 Å². The molecule has 5 nitrogen and oxygen atoms in total. The molecule has 0 aliphatic heterocycles. The van der Waals surface area contributed by atoms with Gasteiger partial charge in [0.2, 0.25) is 0 Å². The first-order valence-electron chi connectivity index (χ1n) is 10.4. The topological polar surface area (TPSA) is 69.8 Å². The van der Waals surface area contributed by atoms with Gasteiger partial charge < -0.3 is 15.6 Å². The summed E-state index contributed by atoms with van der Waals surface area (Å²) in [7, 11) is 0. The molecule has 0 fully saturated rings. The van der Waals surface area contributed by atoms with Crippen LogP contribution in [0.1, 0.15) is 35.3 Å². The van der Waals surface area contributed by atoms with Gasteiger partial charge in [0.25, 0.3) is 5.91 Å². The number of carbonyl (C=O) groups is 1. The highest BCUT2D eigenvalue weighted by Crippen LogP contribution is 2.31. The van der Waals surface area contributed by atoms with Gasteiger partial charge in [-0.3, -0.25) is 4.79 Å². The summed E-state index contributed by atoms with van der Waals surface area (Å²) in [5.74, 6) is 0.0573. The van der Waals surface area contributed by atoms with Crippen molar-refractivity contribution < 1.29 is 18.0 Å². The van der Waals surface area contributed by atoms with Gasteiger partial charge >= 0.3 is 6.18 Å². The second-order valence-corrected chi connectivity index (χ2v) is 8.51. The van der Waals surface area contributed by atoms with Crippen molar-refractivity contribution in [2.24, 2.45) is 0 Å². The zero-order chi connectivity index (χ0) is 23.6. The molecule has 0 atom stereocenters. The molecular weight excluding hydrogens is 429 g/mol. The fraction of sp³-hybridized carbons (Fsp3) is 0.200. The van der Waals surface area contributed by atoms with Crippen LogP contribution in [0.4, 0.5) is 24.7 Å². The maximum absolute atomic E-state index is 12.9. The van der Waals surface area contributed by atoms with Crippen LogP contribution < -0.4 is 10.6 Å². The lowest BCUT2D eigenvalue weighted by Crippen LogP contribution is -2.45. The minimum atomic E-state index is -4.42. The summed E-state index contributed by atoms with van der Waals surface area (Å²) in [6.07, 6.45) is -0.445. The molecular formula is C25H23F3N4O. The van der Waals surface area contributed by atoms with E-state index in [-0.39, 0.29) is 11.6 Å². The van der Waals surface area contributed by atoms with E-state index in [0.717, 1.165) is 28.6 Å². The summed E-state index contributed by atoms with van der Waals surface area (Å²) in [6, 6.07) is 16.0. The fourth-order valence-electron chi connectivity index (χ4n) is 3.70. The number of rotatable bonds is 6. The lowest BCUT2D eigenvalue weighted by Gasteiger charge is -2.26. The number of aromatic amines is 1. The number of nitrogens with one attached hydrogen (secondary N) is 3. The van der Waals surface area contributed by atoms with Gasteiger partial charge in [-0.15, -0.1) is 0 Å². The van der Waals surface area contributed by atoms with Crippen LogP contribution in [-0.4, -0.2) is 21.4 Å². The van der Waals surface area contributed by atoms with Crippen LogP contribution >= 0.6 is 0 Å². The van der Waals surface area contributed by atoms with Crippen molar-refractivity contribution in [1.82, 2.24) is 15.3 Å². The van der Waals surface area contributed by atoms with Crippen LogP contribution in [0, 0.1) is 0 Å². The van der Waals surface area contributed by atoms with E-state index >= 15 is 0 Å². The predicted molar refractivity (Wildman–Crippen MR) is 123 cm³/mol. The molecule has 170 valence electrons. The number of pyridine rings is 1. The Bertz CT molecular complexity index is 1280. The Hall–Kier alpha value is -3.81. The third kappa shape index (κ3) is 5.34. The number of nitrogens with zero attached hydrogens (tertiary/aromatic N) is 1. The molecule has 4 rings (SSSR count). The minimum Gasteiger partial charge on any atom is -0.361 e. The van der Waals surface area contributed by atoms with E-state index in [4.69, 9.17) is 0 Å². The quantitative estimate of drug-likeness (QED) is 0.332. The number of alkyl halides is 3. The normalized spacial score (nSPS) is 12.0.